The van der Waals surface area contributed by atoms with Crippen LogP contribution in [0.4, 0.5) is 0 Å². The van der Waals surface area contributed by atoms with Gasteiger partial charge in [0.2, 0.25) is 0 Å². The van der Waals surface area contributed by atoms with Gasteiger partial charge >= 0.3 is 5.97 Å². The molecule has 6 heteroatoms. The fourth-order valence-corrected chi connectivity index (χ4v) is 2.06. The van der Waals surface area contributed by atoms with E-state index in [9.17, 15) is 4.79 Å². The van der Waals surface area contributed by atoms with Gasteiger partial charge in [-0.3, -0.25) is 0 Å². The molecule has 1 aromatic heterocycles. The van der Waals surface area contributed by atoms with Crippen LogP contribution in [-0.2, 0) is 11.3 Å². The summed E-state index contributed by atoms with van der Waals surface area (Å²) in [5, 5.41) is 0.266. The van der Waals surface area contributed by atoms with Crippen molar-refractivity contribution in [3.63, 3.8) is 0 Å². The highest BCUT2D eigenvalue weighted by atomic mass is 79.9. The van der Waals surface area contributed by atoms with E-state index in [0.29, 0.717) is 0 Å². The van der Waals surface area contributed by atoms with Gasteiger partial charge in [0.15, 0.2) is 0 Å². The molecule has 0 atom stereocenters. The lowest BCUT2D eigenvalue weighted by Gasteiger charge is -2.06. The van der Waals surface area contributed by atoms with E-state index < -0.39 is 5.97 Å². The zero-order chi connectivity index (χ0) is 13.8. The van der Waals surface area contributed by atoms with Crippen LogP contribution in [0.5, 0.6) is 0 Å². The highest BCUT2D eigenvalue weighted by Gasteiger charge is 2.13. The number of ether oxygens (including phenoxy) is 1. The average molecular weight is 361 g/mol. The van der Waals surface area contributed by atoms with Crippen LogP contribution in [0.3, 0.4) is 0 Å². The summed E-state index contributed by atoms with van der Waals surface area (Å²) in [5.41, 5.74) is 1.08. The Labute approximate surface area is 128 Å². The molecule has 0 spiro atoms. The number of pyridine rings is 1. The van der Waals surface area contributed by atoms with Gasteiger partial charge in [0.25, 0.3) is 0 Å². The van der Waals surface area contributed by atoms with Crippen molar-refractivity contribution in [3.8, 4) is 0 Å². The van der Waals surface area contributed by atoms with Gasteiger partial charge < -0.3 is 4.74 Å². The van der Waals surface area contributed by atoms with Gasteiger partial charge in [-0.15, -0.1) is 0 Å². The van der Waals surface area contributed by atoms with Crippen molar-refractivity contribution >= 4 is 45.1 Å². The summed E-state index contributed by atoms with van der Waals surface area (Å²) in [6.45, 7) is 0.172. The second kappa shape index (κ2) is 6.37. The Hall–Kier alpha value is -1.10. The van der Waals surface area contributed by atoms with Gasteiger partial charge in [0.05, 0.1) is 5.56 Å². The highest BCUT2D eigenvalue weighted by Crippen LogP contribution is 2.18. The topological polar surface area (TPSA) is 39.2 Å². The van der Waals surface area contributed by atoms with E-state index in [0.717, 1.165) is 10.0 Å². The summed E-state index contributed by atoms with van der Waals surface area (Å²) in [6.07, 6.45) is 0. The predicted octanol–water partition coefficient (Wildman–Crippen LogP) is 4.51. The van der Waals surface area contributed by atoms with Crippen molar-refractivity contribution in [1.29, 1.82) is 0 Å². The molecule has 0 aliphatic heterocycles. The molecule has 1 heterocycles. The molecule has 0 aliphatic rings. The number of hydrogen-bond acceptors (Lipinski definition) is 3. The minimum absolute atomic E-state index is 0.0355. The third-order valence-electron chi connectivity index (χ3n) is 2.32. The number of nitrogens with zero attached hydrogens (tertiary/aromatic N) is 1. The molecule has 2 aromatic rings. The minimum Gasteiger partial charge on any atom is -0.457 e. The maximum Gasteiger partial charge on any atom is 0.341 e. The Morgan fingerprint density at radius 1 is 1.16 bits per heavy atom. The summed E-state index contributed by atoms with van der Waals surface area (Å²) in [7, 11) is 0. The predicted molar refractivity (Wildman–Crippen MR) is 77.5 cm³/mol. The summed E-state index contributed by atoms with van der Waals surface area (Å²) in [6, 6.07) is 10.4. The van der Waals surface area contributed by atoms with Gasteiger partial charge in [-0.1, -0.05) is 51.3 Å². The van der Waals surface area contributed by atoms with E-state index in [4.69, 9.17) is 27.9 Å². The fraction of sp³-hybridized carbons (Fsp3) is 0.0769. The quantitative estimate of drug-likeness (QED) is 0.597. The molecule has 19 heavy (non-hydrogen) atoms. The van der Waals surface area contributed by atoms with E-state index in [1.165, 1.54) is 12.1 Å². The molecular weight excluding hydrogens is 353 g/mol. The van der Waals surface area contributed by atoms with Gasteiger partial charge in [-0.25, -0.2) is 9.78 Å². The van der Waals surface area contributed by atoms with Crippen LogP contribution < -0.4 is 0 Å². The van der Waals surface area contributed by atoms with Crippen LogP contribution in [0.15, 0.2) is 40.9 Å². The molecule has 3 nitrogen and oxygen atoms in total. The zero-order valence-corrected chi connectivity index (χ0v) is 12.7. The first-order chi connectivity index (χ1) is 9.06. The summed E-state index contributed by atoms with van der Waals surface area (Å²) < 4.78 is 6.12. The summed E-state index contributed by atoms with van der Waals surface area (Å²) in [4.78, 5) is 15.6. The molecule has 0 saturated heterocycles. The molecule has 2 rings (SSSR count). The molecule has 0 bridgehead atoms. The van der Waals surface area contributed by atoms with Crippen molar-refractivity contribution < 1.29 is 9.53 Å². The largest absolute Gasteiger partial charge is 0.457 e. The Morgan fingerprint density at radius 3 is 2.47 bits per heavy atom. The third kappa shape index (κ3) is 3.93. The molecule has 0 fully saturated rings. The first-order valence-electron chi connectivity index (χ1n) is 5.30. The van der Waals surface area contributed by atoms with Crippen molar-refractivity contribution in [2.24, 2.45) is 0 Å². The van der Waals surface area contributed by atoms with Gasteiger partial charge in [0, 0.05) is 4.47 Å². The smallest absolute Gasteiger partial charge is 0.341 e. The number of carbonyl (C=O) groups excluding carboxylic acids is 1. The molecule has 0 N–H and O–H groups in total. The lowest BCUT2D eigenvalue weighted by atomic mass is 10.2. The number of halogens is 3. The van der Waals surface area contributed by atoms with Crippen LogP contribution in [0, 0.1) is 0 Å². The first kappa shape index (κ1) is 14.3. The molecule has 98 valence electrons. The van der Waals surface area contributed by atoms with E-state index in [1.807, 2.05) is 24.3 Å². The minimum atomic E-state index is -0.530. The van der Waals surface area contributed by atoms with E-state index in [-0.39, 0.29) is 22.5 Å². The van der Waals surface area contributed by atoms with Crippen molar-refractivity contribution in [2.45, 2.75) is 6.61 Å². The monoisotopic (exact) mass is 359 g/mol. The summed E-state index contributed by atoms with van der Waals surface area (Å²) >= 11 is 14.8. The third-order valence-corrected chi connectivity index (χ3v) is 3.35. The van der Waals surface area contributed by atoms with E-state index in [2.05, 4.69) is 20.9 Å². The van der Waals surface area contributed by atoms with Crippen LogP contribution >= 0.6 is 39.1 Å². The first-order valence-corrected chi connectivity index (χ1v) is 6.85. The molecule has 1 aromatic carbocycles. The lowest BCUT2D eigenvalue weighted by molar-refractivity contribution is 0.0472. The molecule has 0 aliphatic carbocycles. The Bertz CT molecular complexity index is 602. The number of benzene rings is 1. The Kier molecular flexibility index (Phi) is 4.80. The van der Waals surface area contributed by atoms with Crippen LogP contribution in [0.25, 0.3) is 0 Å². The van der Waals surface area contributed by atoms with Gasteiger partial charge in [0.1, 0.15) is 16.9 Å². The van der Waals surface area contributed by atoms with Gasteiger partial charge in [-0.05, 0) is 29.8 Å². The number of carbonyl (C=O) groups is 1. The molecule has 0 radical (unpaired) electrons. The summed E-state index contributed by atoms with van der Waals surface area (Å²) in [5.74, 6) is -0.530. The number of aromatic nitrogens is 1. The maximum atomic E-state index is 11.8. The SMILES string of the molecule is O=C(OCc1ccc(Br)cc1)c1ccc(Cl)nc1Cl. The number of esters is 1. The fourth-order valence-electron chi connectivity index (χ4n) is 1.37. The Balaban J connectivity index is 2.03. The second-order valence-corrected chi connectivity index (χ2v) is 5.34. The lowest BCUT2D eigenvalue weighted by Crippen LogP contribution is -2.06. The van der Waals surface area contributed by atoms with Crippen molar-refractivity contribution in [1.82, 2.24) is 4.98 Å². The van der Waals surface area contributed by atoms with Crippen LogP contribution in [-0.4, -0.2) is 11.0 Å². The zero-order valence-electron chi connectivity index (χ0n) is 9.57. The molecule has 0 unspecified atom stereocenters. The van der Waals surface area contributed by atoms with E-state index >= 15 is 0 Å². The maximum absolute atomic E-state index is 11.8. The molecule has 0 amide bonds. The number of hydrogen-bond donors (Lipinski definition) is 0. The van der Waals surface area contributed by atoms with Crippen LogP contribution in [0.1, 0.15) is 15.9 Å². The Morgan fingerprint density at radius 2 is 1.84 bits per heavy atom. The molecular formula is C13H8BrCl2NO2. The normalized spacial score (nSPS) is 10.3. The highest BCUT2D eigenvalue weighted by molar-refractivity contribution is 9.10. The second-order valence-electron chi connectivity index (χ2n) is 3.67. The number of rotatable bonds is 3. The van der Waals surface area contributed by atoms with Crippen molar-refractivity contribution in [2.75, 3.05) is 0 Å². The van der Waals surface area contributed by atoms with Crippen molar-refractivity contribution in [3.05, 3.63) is 62.3 Å². The van der Waals surface area contributed by atoms with Gasteiger partial charge in [-0.2, -0.15) is 0 Å². The molecule has 0 saturated carbocycles. The van der Waals surface area contributed by atoms with E-state index in [1.54, 1.807) is 0 Å². The average Bonchev–Trinajstić information content (AvgIpc) is 2.37. The standard InChI is InChI=1S/C13H8BrCl2NO2/c14-9-3-1-8(2-4-9)7-19-13(18)10-5-6-11(15)17-12(10)16/h1-6H,7H2. The van der Waals surface area contributed by atoms with Crippen LogP contribution in [0.2, 0.25) is 10.3 Å².